The number of methoxy groups -OCH3 is 2. The van der Waals surface area contributed by atoms with Crippen LogP contribution < -0.4 is 50.1 Å². The number of carboxylic acids is 1. The summed E-state index contributed by atoms with van der Waals surface area (Å²) < 4.78 is 69.0. The number of benzene rings is 6. The van der Waals surface area contributed by atoms with Gasteiger partial charge in [0.25, 0.3) is 0 Å². The summed E-state index contributed by atoms with van der Waals surface area (Å²) in [5.74, 6) is -1.26. The molecule has 9 aromatic rings. The number of fused-ring (bicyclic) bond motifs is 1. The van der Waals surface area contributed by atoms with Crippen LogP contribution in [0.15, 0.2) is 146 Å². The number of esters is 1. The Balaban J connectivity index is 0.785. The highest BCUT2D eigenvalue weighted by Gasteiger charge is 2.48. The summed E-state index contributed by atoms with van der Waals surface area (Å²) in [5.41, 5.74) is 10.9. The number of unbranched alkanes of at least 4 members (excludes halogenated alkanes) is 1. The maximum Gasteiger partial charge on any atom is 0.408 e. The number of para-hydroxylation sites is 2. The third-order valence-electron chi connectivity index (χ3n) is 19.2. The Labute approximate surface area is 661 Å². The normalized spacial score (nSPS) is 17.4. The highest BCUT2D eigenvalue weighted by molar-refractivity contribution is 7.22. The predicted octanol–water partition coefficient (Wildman–Crippen LogP) is 9.99. The molecule has 7 atom stereocenters. The Morgan fingerprint density at radius 3 is 2.26 bits per heavy atom. The zero-order chi connectivity index (χ0) is 80.5. The highest BCUT2D eigenvalue weighted by atomic mass is 35.5. The summed E-state index contributed by atoms with van der Waals surface area (Å²) in [6.07, 6.45) is -7.57. The number of halogens is 2. The van der Waals surface area contributed by atoms with Crippen molar-refractivity contribution in [3.05, 3.63) is 185 Å². The number of quaternary nitrogens is 1. The van der Waals surface area contributed by atoms with Crippen LogP contribution in [-0.4, -0.2) is 202 Å². The minimum atomic E-state index is -1.98. The Bertz CT molecular complexity index is 4800. The number of hydrogen-bond donors (Lipinski definition) is 8. The molecule has 31 heteroatoms. The van der Waals surface area contributed by atoms with Crippen LogP contribution in [0.1, 0.15) is 74.4 Å². The SMILES string of the molecule is COc1ccc(COC(=O)[C@@H](Cc2ccccc2OCc2ccnc(-c3ccccc3OC)n2)Oc2ncnc3sc(-c4ccc(F)cc4)c(-c4ccc(OCCN5CC[N+](C)(Cc6ccc(O[C@@H]7O[C@H](C(=O)O)[C@@H](O)[C@H](O)[C@H]7O)c(NC(=O)CCNC(=O)[C@H](CCCCN)NC(=O)OC(C)(C)C)c6)CC5)c(Cl)c4C)c23)cc1. The monoisotopic (exact) mass is 1590 g/mol. The zero-order valence-electron chi connectivity index (χ0n) is 63.6. The van der Waals surface area contributed by atoms with Gasteiger partial charge in [0.05, 0.1) is 61.7 Å². The minimum Gasteiger partial charge on any atom is -0.497 e. The second kappa shape index (κ2) is 38.2. The summed E-state index contributed by atoms with van der Waals surface area (Å²) in [7, 11) is 5.25. The van der Waals surface area contributed by atoms with Gasteiger partial charge in [0, 0.05) is 61.2 Å². The number of carboxylic acid groups (broad SMARTS) is 1. The maximum atomic E-state index is 14.8. The van der Waals surface area contributed by atoms with Gasteiger partial charge in [-0.2, -0.15) is 0 Å². The molecule has 2 fully saturated rings. The molecule has 0 aliphatic carbocycles. The molecule has 9 N–H and O–H groups in total. The van der Waals surface area contributed by atoms with Gasteiger partial charge in [-0.1, -0.05) is 72.3 Å². The number of nitrogens with one attached hydrogen (secondary N) is 3. The topological polar surface area (TPSA) is 366 Å². The quantitative estimate of drug-likeness (QED) is 0.0106. The van der Waals surface area contributed by atoms with Gasteiger partial charge in [-0.25, -0.2) is 38.7 Å². The van der Waals surface area contributed by atoms with E-state index in [9.17, 15) is 48.8 Å². The van der Waals surface area contributed by atoms with Gasteiger partial charge in [-0.15, -0.1) is 11.3 Å². The number of ether oxygens (including phenoxy) is 9. The molecular formula is C82H93ClFN10O18S+. The van der Waals surface area contributed by atoms with Crippen LogP contribution in [0, 0.1) is 12.7 Å². The number of nitrogens with two attached hydrogens (primary N) is 1. The second-order valence-electron chi connectivity index (χ2n) is 28.6. The number of alkyl carbamates (subject to hydrolysis) is 1. The molecular weight excluding hydrogens is 1500 g/mol. The lowest BCUT2D eigenvalue weighted by Gasteiger charge is -2.42. The number of amides is 3. The van der Waals surface area contributed by atoms with E-state index in [4.69, 9.17) is 74.9 Å². The fourth-order valence-corrected chi connectivity index (χ4v) is 14.4. The number of aromatic nitrogens is 4. The first-order chi connectivity index (χ1) is 54.3. The average molecular weight is 1590 g/mol. The van der Waals surface area contributed by atoms with Gasteiger partial charge in [0.15, 0.2) is 11.9 Å². The molecule has 0 radical (unpaired) electrons. The first kappa shape index (κ1) is 83.3. The van der Waals surface area contributed by atoms with Gasteiger partial charge in [-0.05, 0) is 154 Å². The number of hydrogen-bond acceptors (Lipinski definition) is 24. The van der Waals surface area contributed by atoms with Crippen molar-refractivity contribution in [2.45, 2.75) is 128 Å². The van der Waals surface area contributed by atoms with Crippen molar-refractivity contribution in [3.63, 3.8) is 0 Å². The Hall–Kier alpha value is -10.7. The fourth-order valence-electron chi connectivity index (χ4n) is 13.1. The van der Waals surface area contributed by atoms with Crippen LogP contribution in [0.4, 0.5) is 14.9 Å². The fraction of sp³-hybridized carbons (Fsp3) is 0.378. The number of rotatable bonds is 34. The van der Waals surface area contributed by atoms with E-state index in [-0.39, 0.29) is 62.9 Å². The summed E-state index contributed by atoms with van der Waals surface area (Å²) in [5, 5.41) is 50.6. The van der Waals surface area contributed by atoms with E-state index in [0.29, 0.717) is 157 Å². The van der Waals surface area contributed by atoms with Gasteiger partial charge in [0.2, 0.25) is 30.1 Å². The van der Waals surface area contributed by atoms with Gasteiger partial charge in [-0.3, -0.25) is 14.5 Å². The van der Waals surface area contributed by atoms with E-state index < -0.39 is 84.1 Å². The van der Waals surface area contributed by atoms with Crippen molar-refractivity contribution in [2.24, 2.45) is 5.73 Å². The molecule has 0 spiro atoms. The molecule has 28 nitrogen and oxygen atoms in total. The summed E-state index contributed by atoms with van der Waals surface area (Å²) >= 11 is 8.70. The summed E-state index contributed by atoms with van der Waals surface area (Å²) in [6, 6.07) is 37.4. The molecule has 0 unspecified atom stereocenters. The Kier molecular flexibility index (Phi) is 28.2. The number of thiophene rings is 1. The highest BCUT2D eigenvalue weighted by Crippen LogP contribution is 2.50. The number of piperazine rings is 1. The number of anilines is 1. The average Bonchev–Trinajstić information content (AvgIpc) is 1.55. The zero-order valence-corrected chi connectivity index (χ0v) is 65.2. The standard InChI is InChI=1S/C82H92ClFN10O18S/c1-48-56(66-67-76(88-47-89-77(67)113-73(66)51-22-24-53(84)25-23-51)109-64(79(102)108-45-49-19-26-55(104-6)27-20-49)43-52-14-8-10-17-60(52)107-46-54-31-34-86-74(90-54)57-15-9-11-18-61(57)105-7)28-30-63(68(48)83)106-41-38-93-36-39-94(5,40-37-93)44-50-21-29-62(110-80-71(98)69(96)70(97)72(111-80)78(100)101)59(42-50)91-65(95)32-35-87-75(99)58(16-12-13-33-85)92-81(103)112-82(2,3)4/h8-11,14-15,17-31,34,42,47,58,64,69-72,80,96-98H,12-13,16,32-33,35-41,43-46,85H2,1-7H3,(H3-,87,91,92,95,99,100,101,103)/p+1/t58-,64+,69-,70-,71+,72-,80+/m0/s1. The lowest BCUT2D eigenvalue weighted by Crippen LogP contribution is -2.61. The number of nitrogens with zero attached hydrogens (tertiary/aromatic N) is 6. The van der Waals surface area contributed by atoms with Crippen LogP contribution in [-0.2, 0) is 59.6 Å². The number of carbonyl (C=O) groups is 5. The van der Waals surface area contributed by atoms with Gasteiger partial charge >= 0.3 is 18.0 Å². The number of carbonyl (C=O) groups excluding carboxylic acids is 4. The molecule has 2 aliphatic rings. The molecule has 2 aliphatic heterocycles. The molecule has 3 aromatic heterocycles. The minimum absolute atomic E-state index is 0.0370. The van der Waals surface area contributed by atoms with E-state index in [1.165, 1.54) is 35.9 Å². The van der Waals surface area contributed by atoms with Crippen LogP contribution in [0.5, 0.6) is 34.6 Å². The van der Waals surface area contributed by atoms with E-state index in [2.05, 4.69) is 32.9 Å². The lowest BCUT2D eigenvalue weighted by molar-refractivity contribution is -0.926. The van der Waals surface area contributed by atoms with Gasteiger partial charge in [0.1, 0.15) is 102 Å². The molecule has 0 bridgehead atoms. The van der Waals surface area contributed by atoms with Crippen molar-refractivity contribution < 1.29 is 95.9 Å². The van der Waals surface area contributed by atoms with E-state index >= 15 is 0 Å². The first-order valence-electron chi connectivity index (χ1n) is 36.9. The van der Waals surface area contributed by atoms with Crippen molar-refractivity contribution in [3.8, 4) is 67.6 Å². The van der Waals surface area contributed by atoms with Crippen molar-refractivity contribution in [2.75, 3.05) is 79.0 Å². The maximum absolute atomic E-state index is 14.8. The molecule has 0 saturated carbocycles. The molecule has 3 amide bonds. The summed E-state index contributed by atoms with van der Waals surface area (Å²) in [4.78, 5) is 88.9. The third-order valence-corrected chi connectivity index (χ3v) is 20.8. The molecule has 598 valence electrons. The molecule has 2 saturated heterocycles. The van der Waals surface area contributed by atoms with Crippen LogP contribution >= 0.6 is 22.9 Å². The molecule has 113 heavy (non-hydrogen) atoms. The number of aliphatic hydroxyl groups is 3. The molecule has 5 heterocycles. The van der Waals surface area contributed by atoms with Crippen molar-refractivity contribution in [1.82, 2.24) is 35.5 Å². The van der Waals surface area contributed by atoms with E-state index in [1.807, 2.05) is 55.5 Å². The van der Waals surface area contributed by atoms with Crippen LogP contribution in [0.25, 0.3) is 43.2 Å². The first-order valence-corrected chi connectivity index (χ1v) is 38.1. The largest absolute Gasteiger partial charge is 0.497 e. The number of aliphatic hydroxyl groups excluding tert-OH is 3. The van der Waals surface area contributed by atoms with Crippen molar-refractivity contribution >= 4 is 68.7 Å². The van der Waals surface area contributed by atoms with Crippen LogP contribution in [0.2, 0.25) is 5.02 Å². The number of likely N-dealkylation sites (N-methyl/N-ethyl adjacent to an activating group) is 1. The van der Waals surface area contributed by atoms with Crippen LogP contribution in [0.3, 0.4) is 0 Å². The van der Waals surface area contributed by atoms with E-state index in [0.717, 1.165) is 5.56 Å². The second-order valence-corrected chi connectivity index (χ2v) is 30.0. The predicted molar refractivity (Wildman–Crippen MR) is 419 cm³/mol. The molecule has 11 rings (SSSR count). The third kappa shape index (κ3) is 21.8. The smallest absolute Gasteiger partial charge is 0.408 e. The molecule has 6 aromatic carbocycles. The summed E-state index contributed by atoms with van der Waals surface area (Å²) in [6.45, 7) is 11.1. The Morgan fingerprint density at radius 2 is 1.53 bits per heavy atom. The number of aliphatic carboxylic acids is 1. The van der Waals surface area contributed by atoms with E-state index in [1.54, 1.807) is 108 Å². The van der Waals surface area contributed by atoms with Crippen molar-refractivity contribution in [1.29, 1.82) is 0 Å². The van der Waals surface area contributed by atoms with Gasteiger partial charge < -0.3 is 89.2 Å². The Morgan fingerprint density at radius 1 is 0.805 bits per heavy atom. The lowest BCUT2D eigenvalue weighted by atomic mass is 9.96.